The molecule has 1 aromatic carbocycles. The van der Waals surface area contributed by atoms with Gasteiger partial charge in [0, 0.05) is 12.0 Å². The average Bonchev–Trinajstić information content (AvgIpc) is 2.27. The third-order valence-electron chi connectivity index (χ3n) is 2.25. The first-order chi connectivity index (χ1) is 7.86. The van der Waals surface area contributed by atoms with Gasteiger partial charge in [-0.3, -0.25) is 4.79 Å². The predicted octanol–water partition coefficient (Wildman–Crippen LogP) is 1.37. The molecule has 0 aliphatic heterocycles. The predicted molar refractivity (Wildman–Crippen MR) is 56.6 cm³/mol. The van der Waals surface area contributed by atoms with E-state index in [9.17, 15) is 13.6 Å². The van der Waals surface area contributed by atoms with Crippen LogP contribution in [0.4, 0.5) is 8.78 Å². The number of nitrogens with two attached hydrogens (primary N) is 1. The van der Waals surface area contributed by atoms with Crippen LogP contribution in [0, 0.1) is 0 Å². The maximum absolute atomic E-state index is 13.7. The van der Waals surface area contributed by atoms with Gasteiger partial charge < -0.3 is 15.6 Å². The molecule has 4 nitrogen and oxygen atoms in total. The number of phenolic OH excluding ortho intramolecular Hbond substituents is 1. The fourth-order valence-electron chi connectivity index (χ4n) is 1.36. The fraction of sp³-hybridized carbons (Fsp3) is 0.364. The monoisotopic (exact) mass is 245 g/mol. The molecule has 0 aliphatic carbocycles. The molecule has 0 aromatic heterocycles. The van der Waals surface area contributed by atoms with Crippen molar-refractivity contribution in [3.05, 3.63) is 29.8 Å². The minimum atomic E-state index is -3.30. The van der Waals surface area contributed by atoms with Crippen LogP contribution >= 0.6 is 0 Å². The van der Waals surface area contributed by atoms with Crippen molar-refractivity contribution in [2.24, 2.45) is 5.73 Å². The molecule has 1 atom stereocenters. The highest BCUT2D eigenvalue weighted by Gasteiger charge is 2.36. The summed E-state index contributed by atoms with van der Waals surface area (Å²) in [6, 6.07) is 3.26. The molecule has 0 aliphatic rings. The van der Waals surface area contributed by atoms with Gasteiger partial charge in [0.2, 0.25) is 0 Å². The van der Waals surface area contributed by atoms with Crippen LogP contribution in [0.15, 0.2) is 24.3 Å². The minimum Gasteiger partial charge on any atom is -0.508 e. The summed E-state index contributed by atoms with van der Waals surface area (Å²) in [4.78, 5) is 11.0. The number of phenols is 1. The van der Waals surface area contributed by atoms with Crippen molar-refractivity contribution in [1.29, 1.82) is 0 Å². The third kappa shape index (κ3) is 3.39. The van der Waals surface area contributed by atoms with Gasteiger partial charge >= 0.3 is 5.97 Å². The summed E-state index contributed by atoms with van der Waals surface area (Å²) in [6.45, 7) is 0. The Morgan fingerprint density at radius 1 is 1.59 bits per heavy atom. The average molecular weight is 245 g/mol. The lowest BCUT2D eigenvalue weighted by Gasteiger charge is -2.19. The molecule has 0 bridgehead atoms. The number of esters is 1. The highest BCUT2D eigenvalue weighted by atomic mass is 19.3. The quantitative estimate of drug-likeness (QED) is 0.786. The van der Waals surface area contributed by atoms with E-state index in [1.807, 2.05) is 0 Å². The SMILES string of the molecule is COC(=O)C(N)CC(F)(F)c1cccc(O)c1. The Hall–Kier alpha value is -1.69. The van der Waals surface area contributed by atoms with Gasteiger partial charge in [-0.2, -0.15) is 0 Å². The van der Waals surface area contributed by atoms with Gasteiger partial charge in [0.05, 0.1) is 7.11 Å². The van der Waals surface area contributed by atoms with E-state index in [0.717, 1.165) is 19.2 Å². The Kier molecular flexibility index (Phi) is 4.01. The summed E-state index contributed by atoms with van der Waals surface area (Å²) in [5, 5.41) is 9.11. The van der Waals surface area contributed by atoms with Gasteiger partial charge in [-0.05, 0) is 12.1 Å². The van der Waals surface area contributed by atoms with Crippen molar-refractivity contribution >= 4 is 5.97 Å². The van der Waals surface area contributed by atoms with E-state index in [1.54, 1.807) is 0 Å². The third-order valence-corrected chi connectivity index (χ3v) is 2.25. The number of halogens is 2. The van der Waals surface area contributed by atoms with E-state index >= 15 is 0 Å². The molecule has 0 fully saturated rings. The molecule has 17 heavy (non-hydrogen) atoms. The second kappa shape index (κ2) is 5.09. The summed E-state index contributed by atoms with van der Waals surface area (Å²) in [5.41, 5.74) is 4.88. The molecular weight excluding hydrogens is 232 g/mol. The molecular formula is C11H13F2NO3. The number of hydrogen-bond acceptors (Lipinski definition) is 4. The number of methoxy groups -OCH3 is 1. The first-order valence-corrected chi connectivity index (χ1v) is 4.87. The van der Waals surface area contributed by atoms with Crippen LogP contribution < -0.4 is 5.73 Å². The smallest absolute Gasteiger partial charge is 0.322 e. The van der Waals surface area contributed by atoms with Crippen LogP contribution in [-0.4, -0.2) is 24.2 Å². The van der Waals surface area contributed by atoms with Crippen LogP contribution in [0.25, 0.3) is 0 Å². The largest absolute Gasteiger partial charge is 0.508 e. The van der Waals surface area contributed by atoms with Crippen LogP contribution in [-0.2, 0) is 15.5 Å². The molecule has 94 valence electrons. The van der Waals surface area contributed by atoms with Gasteiger partial charge in [0.25, 0.3) is 5.92 Å². The van der Waals surface area contributed by atoms with Crippen molar-refractivity contribution in [3.8, 4) is 5.75 Å². The van der Waals surface area contributed by atoms with Crippen LogP contribution in [0.2, 0.25) is 0 Å². The van der Waals surface area contributed by atoms with Crippen LogP contribution in [0.3, 0.4) is 0 Å². The number of carbonyl (C=O) groups excluding carboxylic acids is 1. The highest BCUT2D eigenvalue weighted by Crippen LogP contribution is 2.34. The van der Waals surface area contributed by atoms with E-state index in [-0.39, 0.29) is 5.75 Å². The summed E-state index contributed by atoms with van der Waals surface area (Å²) in [5.74, 6) is -4.47. The fourth-order valence-corrected chi connectivity index (χ4v) is 1.36. The van der Waals surface area contributed by atoms with Crippen LogP contribution in [0.5, 0.6) is 5.75 Å². The van der Waals surface area contributed by atoms with E-state index < -0.39 is 29.9 Å². The zero-order valence-corrected chi connectivity index (χ0v) is 9.19. The Morgan fingerprint density at radius 3 is 2.76 bits per heavy atom. The van der Waals surface area contributed by atoms with Crippen LogP contribution in [0.1, 0.15) is 12.0 Å². The highest BCUT2D eigenvalue weighted by molar-refractivity contribution is 5.75. The first kappa shape index (κ1) is 13.4. The number of carbonyl (C=O) groups is 1. The zero-order valence-electron chi connectivity index (χ0n) is 9.19. The topological polar surface area (TPSA) is 72.5 Å². The summed E-state index contributed by atoms with van der Waals surface area (Å²) in [7, 11) is 1.08. The maximum atomic E-state index is 13.7. The zero-order chi connectivity index (χ0) is 13.1. The molecule has 1 aromatic rings. The van der Waals surface area contributed by atoms with E-state index in [4.69, 9.17) is 10.8 Å². The van der Waals surface area contributed by atoms with Gasteiger partial charge in [0.15, 0.2) is 0 Å². The molecule has 1 unspecified atom stereocenters. The summed E-state index contributed by atoms with van der Waals surface area (Å²) >= 11 is 0. The normalized spacial score (nSPS) is 13.2. The van der Waals surface area contributed by atoms with Crippen molar-refractivity contribution in [2.75, 3.05) is 7.11 Å². The standard InChI is InChI=1S/C11H13F2NO3/c1-17-10(16)9(14)6-11(12,13)7-3-2-4-8(15)5-7/h2-5,9,15H,6,14H2,1H3. The number of benzene rings is 1. The molecule has 3 N–H and O–H groups in total. The summed E-state index contributed by atoms with van der Waals surface area (Å²) < 4.78 is 31.6. The van der Waals surface area contributed by atoms with Crippen molar-refractivity contribution in [2.45, 2.75) is 18.4 Å². The Balaban J connectivity index is 2.84. The lowest BCUT2D eigenvalue weighted by Crippen LogP contribution is -2.36. The molecule has 1 rings (SSSR count). The molecule has 0 radical (unpaired) electrons. The maximum Gasteiger partial charge on any atom is 0.322 e. The molecule has 0 spiro atoms. The number of rotatable bonds is 4. The Morgan fingerprint density at radius 2 is 2.24 bits per heavy atom. The number of alkyl halides is 2. The van der Waals surface area contributed by atoms with Gasteiger partial charge in [0.1, 0.15) is 11.8 Å². The molecule has 0 heterocycles. The van der Waals surface area contributed by atoms with E-state index in [1.165, 1.54) is 12.1 Å². The molecule has 0 amide bonds. The Labute approximate surface area is 97.0 Å². The lowest BCUT2D eigenvalue weighted by atomic mass is 10.0. The van der Waals surface area contributed by atoms with E-state index in [2.05, 4.69) is 4.74 Å². The minimum absolute atomic E-state index is 0.270. The summed E-state index contributed by atoms with van der Waals surface area (Å²) in [6.07, 6.45) is -0.872. The van der Waals surface area contributed by atoms with Gasteiger partial charge in [-0.25, -0.2) is 8.78 Å². The number of ether oxygens (including phenoxy) is 1. The van der Waals surface area contributed by atoms with Gasteiger partial charge in [-0.1, -0.05) is 12.1 Å². The number of aromatic hydroxyl groups is 1. The van der Waals surface area contributed by atoms with Crippen molar-refractivity contribution < 1.29 is 23.4 Å². The molecule has 6 heteroatoms. The first-order valence-electron chi connectivity index (χ1n) is 4.87. The second-order valence-electron chi connectivity index (χ2n) is 3.59. The van der Waals surface area contributed by atoms with Crippen molar-refractivity contribution in [1.82, 2.24) is 0 Å². The van der Waals surface area contributed by atoms with E-state index in [0.29, 0.717) is 0 Å². The molecule has 0 saturated heterocycles. The lowest BCUT2D eigenvalue weighted by molar-refractivity contribution is -0.145. The van der Waals surface area contributed by atoms with Crippen molar-refractivity contribution in [3.63, 3.8) is 0 Å². The second-order valence-corrected chi connectivity index (χ2v) is 3.59. The van der Waals surface area contributed by atoms with Gasteiger partial charge in [-0.15, -0.1) is 0 Å². The number of hydrogen-bond donors (Lipinski definition) is 2. The Bertz CT molecular complexity index is 409. The molecule has 0 saturated carbocycles.